The third kappa shape index (κ3) is 2.37. The molecule has 6 nitrogen and oxygen atoms in total. The molecule has 1 heterocycles. The molecule has 0 saturated heterocycles. The van der Waals surface area contributed by atoms with E-state index in [-0.39, 0.29) is 6.04 Å². The predicted octanol–water partition coefficient (Wildman–Crippen LogP) is 1.71. The molecule has 1 N–H and O–H groups in total. The van der Waals surface area contributed by atoms with Crippen LogP contribution in [0.3, 0.4) is 0 Å². The molecule has 1 aromatic carbocycles. The number of aromatic nitrogens is 4. The number of hydrogen-bond donors (Lipinski definition) is 1. The number of ether oxygens (including phenoxy) is 1. The molecule has 0 aliphatic carbocycles. The number of hydrogen-bond acceptors (Lipinski definition) is 5. The van der Waals surface area contributed by atoms with Gasteiger partial charge in [0.15, 0.2) is 5.82 Å². The van der Waals surface area contributed by atoms with Crippen LogP contribution in [0.15, 0.2) is 22.7 Å². The van der Waals surface area contributed by atoms with Crippen molar-refractivity contribution >= 4 is 15.9 Å². The van der Waals surface area contributed by atoms with Gasteiger partial charge in [0.1, 0.15) is 11.4 Å². The Bertz CT molecular complexity index is 542. The van der Waals surface area contributed by atoms with Crippen LogP contribution < -0.4 is 10.1 Å². The Balaban J connectivity index is 2.55. The largest absolute Gasteiger partial charge is 0.494 e. The quantitative estimate of drug-likeness (QED) is 0.931. The van der Waals surface area contributed by atoms with Crippen molar-refractivity contribution in [1.82, 2.24) is 25.5 Å². The maximum atomic E-state index is 5.33. The number of rotatable bonds is 4. The minimum absolute atomic E-state index is 0.0451. The van der Waals surface area contributed by atoms with Gasteiger partial charge in [-0.3, -0.25) is 0 Å². The highest BCUT2D eigenvalue weighted by Gasteiger charge is 2.17. The second kappa shape index (κ2) is 5.45. The topological polar surface area (TPSA) is 64.9 Å². The average molecular weight is 312 g/mol. The number of tetrazole rings is 1. The molecule has 0 fully saturated rings. The summed E-state index contributed by atoms with van der Waals surface area (Å²) in [6.45, 7) is 1.99. The van der Waals surface area contributed by atoms with Gasteiger partial charge in [0, 0.05) is 4.47 Å². The SMILES string of the molecule is CNC(C)c1nnnn1-c1cc(Br)ccc1OC. The van der Waals surface area contributed by atoms with Crippen LogP contribution in [0.5, 0.6) is 5.75 Å². The van der Waals surface area contributed by atoms with E-state index in [4.69, 9.17) is 4.74 Å². The lowest BCUT2D eigenvalue weighted by Gasteiger charge is -2.13. The van der Waals surface area contributed by atoms with Gasteiger partial charge in [-0.1, -0.05) is 15.9 Å². The van der Waals surface area contributed by atoms with E-state index in [2.05, 4.69) is 36.8 Å². The molecule has 2 rings (SSSR count). The molecule has 0 aliphatic heterocycles. The summed E-state index contributed by atoms with van der Waals surface area (Å²) in [5.41, 5.74) is 0.800. The van der Waals surface area contributed by atoms with Crippen molar-refractivity contribution in [2.45, 2.75) is 13.0 Å². The van der Waals surface area contributed by atoms with E-state index < -0.39 is 0 Å². The molecule has 18 heavy (non-hydrogen) atoms. The van der Waals surface area contributed by atoms with Gasteiger partial charge in [0.2, 0.25) is 0 Å². The minimum Gasteiger partial charge on any atom is -0.494 e. The molecule has 0 amide bonds. The van der Waals surface area contributed by atoms with Gasteiger partial charge in [-0.25, -0.2) is 0 Å². The minimum atomic E-state index is 0.0451. The lowest BCUT2D eigenvalue weighted by molar-refractivity contribution is 0.410. The molecular weight excluding hydrogens is 298 g/mol. The van der Waals surface area contributed by atoms with Gasteiger partial charge in [-0.15, -0.1) is 5.10 Å². The van der Waals surface area contributed by atoms with Crippen molar-refractivity contribution in [3.05, 3.63) is 28.5 Å². The smallest absolute Gasteiger partial charge is 0.173 e. The zero-order valence-corrected chi connectivity index (χ0v) is 12.0. The highest BCUT2D eigenvalue weighted by Crippen LogP contribution is 2.27. The van der Waals surface area contributed by atoms with Crippen LogP contribution in [0, 0.1) is 0 Å². The third-order valence-electron chi connectivity index (χ3n) is 2.68. The van der Waals surface area contributed by atoms with Crippen molar-refractivity contribution in [2.75, 3.05) is 14.2 Å². The first-order chi connectivity index (χ1) is 8.67. The molecule has 0 saturated carbocycles. The molecule has 1 aromatic heterocycles. The van der Waals surface area contributed by atoms with E-state index in [0.717, 1.165) is 21.7 Å². The summed E-state index contributed by atoms with van der Waals surface area (Å²) in [6, 6.07) is 5.74. The number of halogens is 1. The highest BCUT2D eigenvalue weighted by atomic mass is 79.9. The monoisotopic (exact) mass is 311 g/mol. The summed E-state index contributed by atoms with van der Waals surface area (Å²) in [5.74, 6) is 1.45. The molecule has 0 spiro atoms. The van der Waals surface area contributed by atoms with Crippen molar-refractivity contribution in [1.29, 1.82) is 0 Å². The maximum Gasteiger partial charge on any atom is 0.173 e. The Hall–Kier alpha value is -1.47. The van der Waals surface area contributed by atoms with E-state index in [1.165, 1.54) is 0 Å². The van der Waals surface area contributed by atoms with Crippen LogP contribution in [0.4, 0.5) is 0 Å². The highest BCUT2D eigenvalue weighted by molar-refractivity contribution is 9.10. The first-order valence-electron chi connectivity index (χ1n) is 5.46. The predicted molar refractivity (Wildman–Crippen MR) is 70.9 cm³/mol. The average Bonchev–Trinajstić information content (AvgIpc) is 2.86. The molecular formula is C11H14BrN5O. The van der Waals surface area contributed by atoms with Gasteiger partial charge >= 0.3 is 0 Å². The fraction of sp³-hybridized carbons (Fsp3) is 0.364. The summed E-state index contributed by atoms with van der Waals surface area (Å²) in [5, 5.41) is 14.9. The van der Waals surface area contributed by atoms with Gasteiger partial charge < -0.3 is 10.1 Å². The molecule has 7 heteroatoms. The standard InChI is InChI=1S/C11H14BrN5O/c1-7(13-2)11-14-15-16-17(11)9-6-8(12)4-5-10(9)18-3/h4-7,13H,1-3H3. The van der Waals surface area contributed by atoms with E-state index in [9.17, 15) is 0 Å². The van der Waals surface area contributed by atoms with Crippen molar-refractivity contribution in [3.8, 4) is 11.4 Å². The molecule has 1 unspecified atom stereocenters. The Morgan fingerprint density at radius 2 is 2.22 bits per heavy atom. The van der Waals surface area contributed by atoms with Crippen LogP contribution in [0.1, 0.15) is 18.8 Å². The first kappa shape index (κ1) is 13.0. The summed E-state index contributed by atoms with van der Waals surface area (Å²) < 4.78 is 7.95. The van der Waals surface area contributed by atoms with E-state index in [1.807, 2.05) is 32.2 Å². The Labute approximate surface area is 113 Å². The molecule has 0 radical (unpaired) electrons. The zero-order chi connectivity index (χ0) is 13.1. The van der Waals surface area contributed by atoms with E-state index in [0.29, 0.717) is 0 Å². The number of methoxy groups -OCH3 is 1. The normalized spacial score (nSPS) is 12.4. The van der Waals surface area contributed by atoms with Crippen LogP contribution in [0.2, 0.25) is 0 Å². The van der Waals surface area contributed by atoms with Gasteiger partial charge in [0.05, 0.1) is 13.2 Å². The summed E-state index contributed by atoms with van der Waals surface area (Å²) in [4.78, 5) is 0. The molecule has 96 valence electrons. The summed E-state index contributed by atoms with van der Waals surface area (Å²) in [7, 11) is 3.49. The van der Waals surface area contributed by atoms with Crippen LogP contribution in [0.25, 0.3) is 5.69 Å². The Morgan fingerprint density at radius 3 is 2.89 bits per heavy atom. The maximum absolute atomic E-state index is 5.33. The molecule has 0 bridgehead atoms. The van der Waals surface area contributed by atoms with Crippen molar-refractivity contribution < 1.29 is 4.74 Å². The summed E-state index contributed by atoms with van der Waals surface area (Å²) in [6.07, 6.45) is 0. The van der Waals surface area contributed by atoms with E-state index >= 15 is 0 Å². The van der Waals surface area contributed by atoms with Crippen molar-refractivity contribution in [2.24, 2.45) is 0 Å². The summed E-state index contributed by atoms with van der Waals surface area (Å²) >= 11 is 3.44. The second-order valence-electron chi connectivity index (χ2n) is 3.78. The zero-order valence-electron chi connectivity index (χ0n) is 10.4. The van der Waals surface area contributed by atoms with Crippen LogP contribution in [-0.2, 0) is 0 Å². The lowest BCUT2D eigenvalue weighted by atomic mass is 10.2. The van der Waals surface area contributed by atoms with Gasteiger partial charge in [-0.2, -0.15) is 4.68 Å². The first-order valence-corrected chi connectivity index (χ1v) is 6.26. The second-order valence-corrected chi connectivity index (χ2v) is 4.69. The third-order valence-corrected chi connectivity index (χ3v) is 3.18. The molecule has 2 aromatic rings. The fourth-order valence-corrected chi connectivity index (χ4v) is 1.94. The number of nitrogens with zero attached hydrogens (tertiary/aromatic N) is 4. The molecule has 1 atom stereocenters. The van der Waals surface area contributed by atoms with Gasteiger partial charge in [-0.05, 0) is 42.6 Å². The Morgan fingerprint density at radius 1 is 1.44 bits per heavy atom. The van der Waals surface area contributed by atoms with Crippen LogP contribution in [-0.4, -0.2) is 34.4 Å². The van der Waals surface area contributed by atoms with Gasteiger partial charge in [0.25, 0.3) is 0 Å². The molecule has 0 aliphatic rings. The van der Waals surface area contributed by atoms with Crippen LogP contribution >= 0.6 is 15.9 Å². The Kier molecular flexibility index (Phi) is 3.93. The fourth-order valence-electron chi connectivity index (χ4n) is 1.59. The van der Waals surface area contributed by atoms with Crippen molar-refractivity contribution in [3.63, 3.8) is 0 Å². The lowest BCUT2D eigenvalue weighted by Crippen LogP contribution is -2.18. The van der Waals surface area contributed by atoms with E-state index in [1.54, 1.807) is 11.8 Å². The number of nitrogens with one attached hydrogen (secondary N) is 1. The number of benzene rings is 1.